The number of unbranched alkanes of at least 4 members (excludes halogenated alkanes) is 3. The monoisotopic (exact) mass is 412 g/mol. The van der Waals surface area contributed by atoms with Gasteiger partial charge in [-0.05, 0) is 42.3 Å². The van der Waals surface area contributed by atoms with E-state index in [0.29, 0.717) is 34.4 Å². The smallest absolute Gasteiger partial charge is 0.266 e. The molecular weight excluding hydrogens is 388 g/mol. The van der Waals surface area contributed by atoms with Gasteiger partial charge >= 0.3 is 0 Å². The van der Waals surface area contributed by atoms with E-state index in [9.17, 15) is 10.1 Å². The molecule has 0 aliphatic heterocycles. The van der Waals surface area contributed by atoms with E-state index in [4.69, 9.17) is 21.1 Å². The highest BCUT2D eigenvalue weighted by Gasteiger charge is 2.12. The quantitative estimate of drug-likeness (QED) is 0.301. The standard InChI is InChI=1S/C23H25ClN2O3/c1-3-4-5-8-13-29-21-12-11-17(15-22(21)28-2)14-18(16-25)23(27)26-20-10-7-6-9-19(20)24/h6-7,9-12,14-15H,3-5,8,13H2,1-2H3,(H,26,27)/b18-14+. The van der Waals surface area contributed by atoms with Crippen LogP contribution in [0.2, 0.25) is 5.02 Å². The van der Waals surface area contributed by atoms with Gasteiger partial charge in [-0.3, -0.25) is 4.79 Å². The van der Waals surface area contributed by atoms with Crippen LogP contribution in [0.4, 0.5) is 5.69 Å². The van der Waals surface area contributed by atoms with Crippen LogP contribution in [0.5, 0.6) is 11.5 Å². The van der Waals surface area contributed by atoms with Crippen LogP contribution in [-0.4, -0.2) is 19.6 Å². The first-order valence-electron chi connectivity index (χ1n) is 9.57. The Labute approximate surface area is 176 Å². The number of nitrogens with one attached hydrogen (secondary N) is 1. The second-order valence-corrected chi connectivity index (χ2v) is 6.83. The van der Waals surface area contributed by atoms with Gasteiger partial charge in [0.1, 0.15) is 11.6 Å². The van der Waals surface area contributed by atoms with Gasteiger partial charge in [-0.1, -0.05) is 56.0 Å². The summed E-state index contributed by atoms with van der Waals surface area (Å²) in [6.07, 6.45) is 5.98. The van der Waals surface area contributed by atoms with Crippen LogP contribution >= 0.6 is 11.6 Å². The van der Waals surface area contributed by atoms with Gasteiger partial charge in [-0.15, -0.1) is 0 Å². The van der Waals surface area contributed by atoms with Gasteiger partial charge in [0.15, 0.2) is 11.5 Å². The van der Waals surface area contributed by atoms with Crippen LogP contribution < -0.4 is 14.8 Å². The highest BCUT2D eigenvalue weighted by Crippen LogP contribution is 2.29. The zero-order chi connectivity index (χ0) is 21.1. The number of nitrogens with zero attached hydrogens (tertiary/aromatic N) is 1. The maximum atomic E-state index is 12.4. The lowest BCUT2D eigenvalue weighted by Crippen LogP contribution is -2.13. The normalized spacial score (nSPS) is 10.9. The van der Waals surface area contributed by atoms with E-state index in [2.05, 4.69) is 12.2 Å². The Morgan fingerprint density at radius 2 is 1.97 bits per heavy atom. The van der Waals surface area contributed by atoms with E-state index in [1.165, 1.54) is 18.9 Å². The maximum Gasteiger partial charge on any atom is 0.266 e. The molecule has 0 saturated heterocycles. The molecule has 1 amide bonds. The summed E-state index contributed by atoms with van der Waals surface area (Å²) in [6, 6.07) is 14.1. The Morgan fingerprint density at radius 1 is 1.17 bits per heavy atom. The topological polar surface area (TPSA) is 71.3 Å². The fourth-order valence-electron chi connectivity index (χ4n) is 2.67. The Morgan fingerprint density at radius 3 is 2.66 bits per heavy atom. The van der Waals surface area contributed by atoms with Crippen molar-refractivity contribution in [3.05, 3.63) is 58.6 Å². The molecule has 2 rings (SSSR count). The number of benzene rings is 2. The number of halogens is 1. The van der Waals surface area contributed by atoms with Crippen molar-refractivity contribution in [1.29, 1.82) is 5.26 Å². The summed E-state index contributed by atoms with van der Waals surface area (Å²) in [7, 11) is 1.56. The first-order valence-corrected chi connectivity index (χ1v) is 9.95. The van der Waals surface area contributed by atoms with Gasteiger partial charge in [0.2, 0.25) is 0 Å². The van der Waals surface area contributed by atoms with Gasteiger partial charge < -0.3 is 14.8 Å². The van der Waals surface area contributed by atoms with E-state index in [1.807, 2.05) is 6.07 Å². The number of para-hydroxylation sites is 1. The summed E-state index contributed by atoms with van der Waals surface area (Å²) in [5, 5.41) is 12.5. The lowest BCUT2D eigenvalue weighted by atomic mass is 10.1. The molecule has 0 aromatic heterocycles. The van der Waals surface area contributed by atoms with Crippen LogP contribution in [0.1, 0.15) is 38.2 Å². The summed E-state index contributed by atoms with van der Waals surface area (Å²) in [5.41, 5.74) is 1.07. The molecular formula is C23H25ClN2O3. The third-order valence-electron chi connectivity index (χ3n) is 4.24. The van der Waals surface area contributed by atoms with E-state index < -0.39 is 5.91 Å². The minimum Gasteiger partial charge on any atom is -0.493 e. The minimum atomic E-state index is -0.532. The van der Waals surface area contributed by atoms with Crippen LogP contribution in [-0.2, 0) is 4.79 Å². The van der Waals surface area contributed by atoms with Crippen LogP contribution in [0.15, 0.2) is 48.0 Å². The minimum absolute atomic E-state index is 0.0415. The lowest BCUT2D eigenvalue weighted by Gasteiger charge is -2.11. The van der Waals surface area contributed by atoms with Crippen molar-refractivity contribution < 1.29 is 14.3 Å². The number of methoxy groups -OCH3 is 1. The first kappa shape index (κ1) is 22.3. The van der Waals surface area contributed by atoms with Gasteiger partial charge in [-0.25, -0.2) is 0 Å². The number of hydrogen-bond donors (Lipinski definition) is 1. The predicted molar refractivity (Wildman–Crippen MR) is 116 cm³/mol. The fourth-order valence-corrected chi connectivity index (χ4v) is 2.85. The van der Waals surface area contributed by atoms with Crippen molar-refractivity contribution in [2.24, 2.45) is 0 Å². The third-order valence-corrected chi connectivity index (χ3v) is 4.57. The van der Waals surface area contributed by atoms with E-state index in [-0.39, 0.29) is 5.57 Å². The number of carbonyl (C=O) groups excluding carboxylic acids is 1. The van der Waals surface area contributed by atoms with E-state index in [0.717, 1.165) is 12.8 Å². The molecule has 0 aliphatic carbocycles. The molecule has 0 radical (unpaired) electrons. The van der Waals surface area contributed by atoms with Crippen molar-refractivity contribution >= 4 is 29.3 Å². The summed E-state index contributed by atoms with van der Waals surface area (Å²) in [6.45, 7) is 2.79. The largest absolute Gasteiger partial charge is 0.493 e. The number of amides is 1. The number of nitriles is 1. The van der Waals surface area contributed by atoms with E-state index >= 15 is 0 Å². The molecule has 0 bridgehead atoms. The molecule has 0 fully saturated rings. The molecule has 29 heavy (non-hydrogen) atoms. The second-order valence-electron chi connectivity index (χ2n) is 6.42. The summed E-state index contributed by atoms with van der Waals surface area (Å²) in [4.78, 5) is 12.4. The van der Waals surface area contributed by atoms with Gasteiger partial charge in [0, 0.05) is 0 Å². The maximum absolute atomic E-state index is 12.4. The molecule has 1 N–H and O–H groups in total. The van der Waals surface area contributed by atoms with Gasteiger partial charge in [0.05, 0.1) is 24.4 Å². The predicted octanol–water partition coefficient (Wildman–Crippen LogP) is 5.85. The molecule has 0 unspecified atom stereocenters. The summed E-state index contributed by atoms with van der Waals surface area (Å²) >= 11 is 6.06. The first-order chi connectivity index (χ1) is 14.1. The van der Waals surface area contributed by atoms with Crippen molar-refractivity contribution in [2.75, 3.05) is 19.0 Å². The Hall–Kier alpha value is -2.97. The lowest BCUT2D eigenvalue weighted by molar-refractivity contribution is -0.112. The SMILES string of the molecule is CCCCCCOc1ccc(/C=C(\C#N)C(=O)Nc2ccccc2Cl)cc1OC. The molecule has 0 saturated carbocycles. The molecule has 5 nitrogen and oxygen atoms in total. The van der Waals surface area contributed by atoms with Crippen molar-refractivity contribution in [3.8, 4) is 17.6 Å². The zero-order valence-corrected chi connectivity index (χ0v) is 17.5. The number of carbonyl (C=O) groups is 1. The summed E-state index contributed by atoms with van der Waals surface area (Å²) in [5.74, 6) is 0.661. The zero-order valence-electron chi connectivity index (χ0n) is 16.7. The van der Waals surface area contributed by atoms with Crippen LogP contribution in [0.25, 0.3) is 6.08 Å². The van der Waals surface area contributed by atoms with Crippen molar-refractivity contribution in [1.82, 2.24) is 0 Å². The van der Waals surface area contributed by atoms with Gasteiger partial charge in [-0.2, -0.15) is 5.26 Å². The average Bonchev–Trinajstić information content (AvgIpc) is 2.73. The average molecular weight is 413 g/mol. The number of rotatable bonds is 10. The Bertz CT molecular complexity index is 903. The second kappa shape index (κ2) is 11.8. The number of anilines is 1. The molecule has 152 valence electrons. The van der Waals surface area contributed by atoms with Gasteiger partial charge in [0.25, 0.3) is 5.91 Å². The molecule has 0 heterocycles. The third kappa shape index (κ3) is 6.85. The van der Waals surface area contributed by atoms with Crippen LogP contribution in [0.3, 0.4) is 0 Å². The molecule has 0 atom stereocenters. The van der Waals surface area contributed by atoms with E-state index in [1.54, 1.807) is 49.6 Å². The number of hydrogen-bond acceptors (Lipinski definition) is 4. The number of ether oxygens (including phenoxy) is 2. The Kier molecular flexibility index (Phi) is 9.07. The molecule has 2 aromatic carbocycles. The Balaban J connectivity index is 2.11. The molecule has 2 aromatic rings. The molecule has 6 heteroatoms. The molecule has 0 spiro atoms. The molecule has 0 aliphatic rings. The fraction of sp³-hybridized carbons (Fsp3) is 0.304. The highest BCUT2D eigenvalue weighted by molar-refractivity contribution is 6.34. The van der Waals surface area contributed by atoms with Crippen molar-refractivity contribution in [2.45, 2.75) is 32.6 Å². The van der Waals surface area contributed by atoms with Crippen molar-refractivity contribution in [3.63, 3.8) is 0 Å². The van der Waals surface area contributed by atoms with Crippen LogP contribution in [0, 0.1) is 11.3 Å². The highest BCUT2D eigenvalue weighted by atomic mass is 35.5. The summed E-state index contributed by atoms with van der Waals surface area (Å²) < 4.78 is 11.2.